The van der Waals surface area contributed by atoms with Crippen molar-refractivity contribution in [1.29, 1.82) is 0 Å². The van der Waals surface area contributed by atoms with Crippen LogP contribution in [0.15, 0.2) is 70.5 Å². The molecule has 0 fully saturated rings. The molecule has 1 amide bonds. The molecule has 6 heteroatoms. The molecule has 0 radical (unpaired) electrons. The molecule has 2 heterocycles. The molecule has 0 aliphatic carbocycles. The van der Waals surface area contributed by atoms with E-state index in [-0.39, 0.29) is 5.91 Å². The van der Waals surface area contributed by atoms with Gasteiger partial charge in [0, 0.05) is 34.8 Å². The van der Waals surface area contributed by atoms with Gasteiger partial charge >= 0.3 is 0 Å². The fourth-order valence-electron chi connectivity index (χ4n) is 2.99. The lowest BCUT2D eigenvalue weighted by molar-refractivity contribution is 0.0997. The summed E-state index contributed by atoms with van der Waals surface area (Å²) in [4.78, 5) is 21.5. The largest absolute Gasteiger partial charge is 0.451 e. The third-order valence-electron chi connectivity index (χ3n) is 4.65. The molecule has 0 saturated heterocycles. The standard InChI is InChI=1S/C22H19N3O2S/c1-14-7-5-9-18(15(14)2)25-21(26)20-17(13-28-22-23-11-6-12-24-22)16-8-3-4-10-19(16)27-20/h3-12H,13H2,1-2H3,(H,25,26). The van der Waals surface area contributed by atoms with E-state index in [0.717, 1.165) is 27.8 Å². The van der Waals surface area contributed by atoms with Gasteiger partial charge in [0.25, 0.3) is 5.91 Å². The average Bonchev–Trinajstić information content (AvgIpc) is 3.09. The number of aromatic nitrogens is 2. The summed E-state index contributed by atoms with van der Waals surface area (Å²) in [5.74, 6) is 0.608. The monoisotopic (exact) mass is 389 g/mol. The highest BCUT2D eigenvalue weighted by Gasteiger charge is 2.21. The molecule has 2 aromatic carbocycles. The quantitative estimate of drug-likeness (QED) is 0.366. The molecule has 0 unspecified atom stereocenters. The smallest absolute Gasteiger partial charge is 0.291 e. The van der Waals surface area contributed by atoms with Gasteiger partial charge in [0.1, 0.15) is 5.58 Å². The fraction of sp³-hybridized carbons (Fsp3) is 0.136. The maximum absolute atomic E-state index is 13.0. The van der Waals surface area contributed by atoms with Gasteiger partial charge < -0.3 is 9.73 Å². The topological polar surface area (TPSA) is 68.0 Å². The third kappa shape index (κ3) is 3.64. The number of para-hydroxylation sites is 1. The van der Waals surface area contributed by atoms with Crippen molar-refractivity contribution < 1.29 is 9.21 Å². The summed E-state index contributed by atoms with van der Waals surface area (Å²) >= 11 is 1.47. The van der Waals surface area contributed by atoms with Crippen molar-refractivity contribution in [3.05, 3.63) is 83.4 Å². The van der Waals surface area contributed by atoms with Crippen LogP contribution in [0.1, 0.15) is 27.2 Å². The first-order valence-corrected chi connectivity index (χ1v) is 9.90. The van der Waals surface area contributed by atoms with Crippen LogP contribution >= 0.6 is 11.8 Å². The van der Waals surface area contributed by atoms with Gasteiger partial charge in [-0.15, -0.1) is 0 Å². The van der Waals surface area contributed by atoms with Crippen LogP contribution in [0, 0.1) is 13.8 Å². The summed E-state index contributed by atoms with van der Waals surface area (Å²) in [6, 6.07) is 15.3. The van der Waals surface area contributed by atoms with Crippen molar-refractivity contribution in [2.45, 2.75) is 24.8 Å². The van der Waals surface area contributed by atoms with E-state index in [9.17, 15) is 4.79 Å². The van der Waals surface area contributed by atoms with E-state index in [0.29, 0.717) is 22.3 Å². The number of carbonyl (C=O) groups excluding carboxylic acids is 1. The van der Waals surface area contributed by atoms with E-state index in [1.165, 1.54) is 11.8 Å². The van der Waals surface area contributed by atoms with E-state index < -0.39 is 0 Å². The molecule has 4 rings (SSSR count). The van der Waals surface area contributed by atoms with Gasteiger partial charge in [-0.25, -0.2) is 9.97 Å². The molecule has 0 aliphatic heterocycles. The van der Waals surface area contributed by atoms with E-state index in [2.05, 4.69) is 15.3 Å². The van der Waals surface area contributed by atoms with E-state index in [1.807, 2.05) is 56.3 Å². The zero-order chi connectivity index (χ0) is 19.5. The molecule has 140 valence electrons. The van der Waals surface area contributed by atoms with Crippen LogP contribution < -0.4 is 5.32 Å². The van der Waals surface area contributed by atoms with Gasteiger partial charge in [-0.3, -0.25) is 4.79 Å². The number of hydrogen-bond donors (Lipinski definition) is 1. The number of amides is 1. The molecule has 2 aromatic heterocycles. The number of hydrogen-bond acceptors (Lipinski definition) is 5. The number of thioether (sulfide) groups is 1. The van der Waals surface area contributed by atoms with Crippen LogP contribution in [0.3, 0.4) is 0 Å². The zero-order valence-corrected chi connectivity index (χ0v) is 16.4. The number of carbonyl (C=O) groups is 1. The molecule has 0 spiro atoms. The summed E-state index contributed by atoms with van der Waals surface area (Å²) in [7, 11) is 0. The maximum atomic E-state index is 13.0. The predicted molar refractivity (Wildman–Crippen MR) is 112 cm³/mol. The zero-order valence-electron chi connectivity index (χ0n) is 15.6. The Morgan fingerprint density at radius 1 is 1.04 bits per heavy atom. The van der Waals surface area contributed by atoms with Gasteiger partial charge in [-0.05, 0) is 43.2 Å². The number of anilines is 1. The summed E-state index contributed by atoms with van der Waals surface area (Å²) in [5.41, 5.74) is 4.49. The van der Waals surface area contributed by atoms with E-state index >= 15 is 0 Å². The van der Waals surface area contributed by atoms with Crippen molar-refractivity contribution in [2.75, 3.05) is 5.32 Å². The Morgan fingerprint density at radius 2 is 1.82 bits per heavy atom. The van der Waals surface area contributed by atoms with E-state index in [4.69, 9.17) is 4.42 Å². The van der Waals surface area contributed by atoms with Crippen LogP contribution in [0.25, 0.3) is 11.0 Å². The number of rotatable bonds is 5. The highest BCUT2D eigenvalue weighted by atomic mass is 32.2. The lowest BCUT2D eigenvalue weighted by atomic mass is 10.1. The molecule has 5 nitrogen and oxygen atoms in total. The predicted octanol–water partition coefficient (Wildman–Crippen LogP) is 5.38. The lowest BCUT2D eigenvalue weighted by Crippen LogP contribution is -2.14. The summed E-state index contributed by atoms with van der Waals surface area (Å²) < 4.78 is 5.93. The normalized spacial score (nSPS) is 10.9. The summed E-state index contributed by atoms with van der Waals surface area (Å²) in [6.07, 6.45) is 3.41. The molecular formula is C22H19N3O2S. The Bertz CT molecular complexity index is 1140. The molecule has 0 aliphatic rings. The van der Waals surface area contributed by atoms with Crippen molar-refractivity contribution in [3.8, 4) is 0 Å². The van der Waals surface area contributed by atoms with Crippen LogP contribution in [-0.4, -0.2) is 15.9 Å². The first-order chi connectivity index (χ1) is 13.6. The number of furan rings is 1. The average molecular weight is 389 g/mol. The Hall–Kier alpha value is -3.12. The van der Waals surface area contributed by atoms with Crippen LogP contribution in [0.2, 0.25) is 0 Å². The van der Waals surface area contributed by atoms with Gasteiger partial charge in [0.15, 0.2) is 10.9 Å². The molecule has 0 saturated carbocycles. The van der Waals surface area contributed by atoms with Crippen molar-refractivity contribution in [1.82, 2.24) is 9.97 Å². The van der Waals surface area contributed by atoms with Gasteiger partial charge in [-0.1, -0.05) is 42.1 Å². The maximum Gasteiger partial charge on any atom is 0.291 e. The molecule has 0 bridgehead atoms. The molecule has 28 heavy (non-hydrogen) atoms. The van der Waals surface area contributed by atoms with Gasteiger partial charge in [-0.2, -0.15) is 0 Å². The minimum atomic E-state index is -0.255. The van der Waals surface area contributed by atoms with Crippen LogP contribution in [0.5, 0.6) is 0 Å². The Morgan fingerprint density at radius 3 is 2.64 bits per heavy atom. The van der Waals surface area contributed by atoms with Gasteiger partial charge in [0.2, 0.25) is 0 Å². The summed E-state index contributed by atoms with van der Waals surface area (Å²) in [5, 5.41) is 4.58. The molecular weight excluding hydrogens is 370 g/mol. The first kappa shape index (κ1) is 18.3. The van der Waals surface area contributed by atoms with Gasteiger partial charge in [0.05, 0.1) is 0 Å². The number of fused-ring (bicyclic) bond motifs is 1. The molecule has 0 atom stereocenters. The fourth-order valence-corrected chi connectivity index (χ4v) is 3.82. The molecule has 1 N–H and O–H groups in total. The molecule has 4 aromatic rings. The van der Waals surface area contributed by atoms with Crippen LogP contribution in [-0.2, 0) is 5.75 Å². The second kappa shape index (κ2) is 7.86. The Kier molecular flexibility index (Phi) is 5.12. The minimum absolute atomic E-state index is 0.255. The second-order valence-electron chi connectivity index (χ2n) is 6.43. The van der Waals surface area contributed by atoms with Crippen molar-refractivity contribution >= 4 is 34.3 Å². The number of aryl methyl sites for hydroxylation is 1. The van der Waals surface area contributed by atoms with Crippen molar-refractivity contribution in [3.63, 3.8) is 0 Å². The van der Waals surface area contributed by atoms with E-state index in [1.54, 1.807) is 18.5 Å². The summed E-state index contributed by atoms with van der Waals surface area (Å²) in [6.45, 7) is 4.02. The lowest BCUT2D eigenvalue weighted by Gasteiger charge is -2.10. The Balaban J connectivity index is 1.67. The highest BCUT2D eigenvalue weighted by molar-refractivity contribution is 7.98. The first-order valence-electron chi connectivity index (χ1n) is 8.91. The number of nitrogens with zero attached hydrogens (tertiary/aromatic N) is 2. The second-order valence-corrected chi connectivity index (χ2v) is 7.37. The minimum Gasteiger partial charge on any atom is -0.451 e. The number of benzene rings is 2. The third-order valence-corrected chi connectivity index (χ3v) is 5.55. The number of nitrogens with one attached hydrogen (secondary N) is 1. The Labute approximate surface area is 167 Å². The van der Waals surface area contributed by atoms with Crippen molar-refractivity contribution in [2.24, 2.45) is 0 Å². The highest BCUT2D eigenvalue weighted by Crippen LogP contribution is 2.31. The SMILES string of the molecule is Cc1cccc(NC(=O)c2oc3ccccc3c2CSc2ncccn2)c1C. The van der Waals surface area contributed by atoms with Crippen LogP contribution in [0.4, 0.5) is 5.69 Å².